The number of aryl methyl sites for hydroxylation is 1. The second-order valence-electron chi connectivity index (χ2n) is 5.94. The third kappa shape index (κ3) is 4.18. The van der Waals surface area contributed by atoms with E-state index in [0.717, 1.165) is 0 Å². The first-order valence-electron chi connectivity index (χ1n) is 8.20. The van der Waals surface area contributed by atoms with E-state index in [1.807, 2.05) is 0 Å². The van der Waals surface area contributed by atoms with E-state index in [1.54, 1.807) is 55.6 Å². The number of nitrogen functional groups attached to an aromatic ring is 1. The first kappa shape index (κ1) is 19.1. The molecule has 2 amide bonds. The monoisotopic (exact) mass is 396 g/mol. The van der Waals surface area contributed by atoms with Crippen molar-refractivity contribution in [2.24, 2.45) is 12.8 Å². The number of aromatic nitrogens is 2. The van der Waals surface area contributed by atoms with E-state index in [1.165, 1.54) is 10.9 Å². The van der Waals surface area contributed by atoms with Gasteiger partial charge in [-0.25, -0.2) is 0 Å². The molecule has 142 valence electrons. The van der Waals surface area contributed by atoms with Gasteiger partial charge in [-0.05, 0) is 36.4 Å². The standard InChI is InChI=1S/C19H17ClN6O2/c1-26-17(25-18(27)12-4-2-11(3-5-12)16(21)22)15(10-23-26)19(28)24-14-8-6-13(20)7-9-14/h2-10H,1H3,(H3,21,22)(H,24,28)(H,25,27). The summed E-state index contributed by atoms with van der Waals surface area (Å²) in [5, 5.41) is 17.4. The van der Waals surface area contributed by atoms with Gasteiger partial charge in [-0.1, -0.05) is 23.7 Å². The molecule has 3 aromatic rings. The lowest BCUT2D eigenvalue weighted by atomic mass is 10.1. The van der Waals surface area contributed by atoms with Gasteiger partial charge in [0.2, 0.25) is 0 Å². The highest BCUT2D eigenvalue weighted by molar-refractivity contribution is 6.30. The molecular formula is C19H17ClN6O2. The molecule has 0 aliphatic heterocycles. The highest BCUT2D eigenvalue weighted by atomic mass is 35.5. The summed E-state index contributed by atoms with van der Waals surface area (Å²) in [6.07, 6.45) is 1.37. The number of nitrogens with zero attached hydrogens (tertiary/aromatic N) is 2. The van der Waals surface area contributed by atoms with Crippen molar-refractivity contribution in [2.45, 2.75) is 0 Å². The largest absolute Gasteiger partial charge is 0.384 e. The Hall–Kier alpha value is -3.65. The molecule has 0 fully saturated rings. The minimum absolute atomic E-state index is 0.0836. The third-order valence-corrected chi connectivity index (χ3v) is 4.23. The van der Waals surface area contributed by atoms with Crippen LogP contribution in [0.4, 0.5) is 11.5 Å². The number of nitrogens with two attached hydrogens (primary N) is 1. The molecule has 5 N–H and O–H groups in total. The number of rotatable bonds is 5. The first-order chi connectivity index (χ1) is 13.3. The van der Waals surface area contributed by atoms with Crippen LogP contribution in [0.5, 0.6) is 0 Å². The minimum Gasteiger partial charge on any atom is -0.384 e. The maximum absolute atomic E-state index is 12.6. The normalized spacial score (nSPS) is 10.4. The zero-order valence-electron chi connectivity index (χ0n) is 14.9. The van der Waals surface area contributed by atoms with Gasteiger partial charge in [-0.2, -0.15) is 5.10 Å². The predicted octanol–water partition coefficient (Wildman–Crippen LogP) is 2.86. The Labute approximate surface area is 165 Å². The van der Waals surface area contributed by atoms with Gasteiger partial charge < -0.3 is 16.4 Å². The molecule has 0 radical (unpaired) electrons. The lowest BCUT2D eigenvalue weighted by Gasteiger charge is -2.10. The molecule has 0 atom stereocenters. The topological polar surface area (TPSA) is 126 Å². The smallest absolute Gasteiger partial charge is 0.261 e. The summed E-state index contributed by atoms with van der Waals surface area (Å²) in [7, 11) is 1.62. The van der Waals surface area contributed by atoms with Crippen LogP contribution in [0.15, 0.2) is 54.7 Å². The quantitative estimate of drug-likeness (QED) is 0.390. The van der Waals surface area contributed by atoms with Crippen LogP contribution in [0.25, 0.3) is 0 Å². The highest BCUT2D eigenvalue weighted by Crippen LogP contribution is 2.19. The Morgan fingerprint density at radius 2 is 1.61 bits per heavy atom. The predicted molar refractivity (Wildman–Crippen MR) is 108 cm³/mol. The Balaban J connectivity index is 1.78. The first-order valence-corrected chi connectivity index (χ1v) is 8.57. The van der Waals surface area contributed by atoms with Gasteiger partial charge in [-0.3, -0.25) is 19.7 Å². The Morgan fingerprint density at radius 3 is 2.21 bits per heavy atom. The fourth-order valence-corrected chi connectivity index (χ4v) is 2.59. The van der Waals surface area contributed by atoms with E-state index < -0.39 is 11.8 Å². The summed E-state index contributed by atoms with van der Waals surface area (Å²) in [5.74, 6) is -0.663. The lowest BCUT2D eigenvalue weighted by Crippen LogP contribution is -2.19. The van der Waals surface area contributed by atoms with Crippen molar-refractivity contribution in [3.8, 4) is 0 Å². The zero-order chi connectivity index (χ0) is 20.3. The number of hydrogen-bond acceptors (Lipinski definition) is 4. The Morgan fingerprint density at radius 1 is 1.00 bits per heavy atom. The van der Waals surface area contributed by atoms with Crippen LogP contribution in [-0.2, 0) is 7.05 Å². The average molecular weight is 397 g/mol. The number of carbonyl (C=O) groups is 2. The van der Waals surface area contributed by atoms with E-state index in [-0.39, 0.29) is 17.2 Å². The third-order valence-electron chi connectivity index (χ3n) is 3.98. The molecule has 1 heterocycles. The van der Waals surface area contributed by atoms with Crippen LogP contribution in [0.3, 0.4) is 0 Å². The molecule has 3 rings (SSSR count). The number of benzene rings is 2. The van der Waals surface area contributed by atoms with Crippen molar-refractivity contribution in [1.29, 1.82) is 5.41 Å². The van der Waals surface area contributed by atoms with Crippen molar-refractivity contribution >= 4 is 40.8 Å². The fraction of sp³-hybridized carbons (Fsp3) is 0.0526. The zero-order valence-corrected chi connectivity index (χ0v) is 15.6. The number of halogens is 1. The second-order valence-corrected chi connectivity index (χ2v) is 6.37. The van der Waals surface area contributed by atoms with Crippen LogP contribution in [-0.4, -0.2) is 27.4 Å². The molecule has 0 aliphatic carbocycles. The van der Waals surface area contributed by atoms with Crippen LogP contribution >= 0.6 is 11.6 Å². The van der Waals surface area contributed by atoms with Gasteiger partial charge >= 0.3 is 0 Å². The maximum Gasteiger partial charge on any atom is 0.261 e. The Kier molecular flexibility index (Phi) is 5.42. The van der Waals surface area contributed by atoms with Gasteiger partial charge in [0.25, 0.3) is 11.8 Å². The molecule has 0 bridgehead atoms. The molecule has 0 spiro atoms. The number of hydrogen-bond donors (Lipinski definition) is 4. The van der Waals surface area contributed by atoms with Gasteiger partial charge in [0.15, 0.2) is 0 Å². The fourth-order valence-electron chi connectivity index (χ4n) is 2.46. The summed E-state index contributed by atoms with van der Waals surface area (Å²) in [4.78, 5) is 25.1. The van der Waals surface area contributed by atoms with Gasteiger partial charge in [-0.15, -0.1) is 0 Å². The van der Waals surface area contributed by atoms with Crippen molar-refractivity contribution in [1.82, 2.24) is 9.78 Å². The second kappa shape index (κ2) is 7.93. The van der Waals surface area contributed by atoms with E-state index in [0.29, 0.717) is 21.8 Å². The number of carbonyl (C=O) groups excluding carboxylic acids is 2. The van der Waals surface area contributed by atoms with E-state index in [2.05, 4.69) is 15.7 Å². The molecule has 0 unspecified atom stereocenters. The molecular weight excluding hydrogens is 380 g/mol. The highest BCUT2D eigenvalue weighted by Gasteiger charge is 2.19. The van der Waals surface area contributed by atoms with Gasteiger partial charge in [0.1, 0.15) is 17.2 Å². The molecule has 28 heavy (non-hydrogen) atoms. The van der Waals surface area contributed by atoms with Crippen LogP contribution in [0.2, 0.25) is 5.02 Å². The molecule has 0 aliphatic rings. The molecule has 8 nitrogen and oxygen atoms in total. The van der Waals surface area contributed by atoms with Crippen molar-refractivity contribution in [2.75, 3.05) is 10.6 Å². The Bertz CT molecular complexity index is 1040. The number of anilines is 2. The number of amides is 2. The summed E-state index contributed by atoms with van der Waals surface area (Å²) >= 11 is 5.84. The van der Waals surface area contributed by atoms with Crippen molar-refractivity contribution in [3.63, 3.8) is 0 Å². The summed E-state index contributed by atoms with van der Waals surface area (Å²) < 4.78 is 1.40. The van der Waals surface area contributed by atoms with Crippen molar-refractivity contribution in [3.05, 3.63) is 76.4 Å². The molecule has 1 aromatic heterocycles. The van der Waals surface area contributed by atoms with Crippen LogP contribution in [0.1, 0.15) is 26.3 Å². The molecule has 0 saturated heterocycles. The number of nitrogens with one attached hydrogen (secondary N) is 3. The van der Waals surface area contributed by atoms with Crippen LogP contribution < -0.4 is 16.4 Å². The summed E-state index contributed by atoms with van der Waals surface area (Å²) in [5.41, 5.74) is 7.06. The summed E-state index contributed by atoms with van der Waals surface area (Å²) in [6.45, 7) is 0. The van der Waals surface area contributed by atoms with Crippen LogP contribution in [0, 0.1) is 5.41 Å². The lowest BCUT2D eigenvalue weighted by molar-refractivity contribution is 0.102. The van der Waals surface area contributed by atoms with E-state index >= 15 is 0 Å². The van der Waals surface area contributed by atoms with Gasteiger partial charge in [0, 0.05) is 28.9 Å². The summed E-state index contributed by atoms with van der Waals surface area (Å²) in [6, 6.07) is 12.9. The molecule has 0 saturated carbocycles. The maximum atomic E-state index is 12.6. The van der Waals surface area contributed by atoms with E-state index in [9.17, 15) is 9.59 Å². The van der Waals surface area contributed by atoms with Gasteiger partial charge in [0.05, 0.1) is 6.20 Å². The molecule has 9 heteroatoms. The molecule has 2 aromatic carbocycles. The SMILES string of the molecule is Cn1ncc(C(=O)Nc2ccc(Cl)cc2)c1NC(=O)c1ccc(C(=N)N)cc1. The minimum atomic E-state index is -0.419. The average Bonchev–Trinajstić information content (AvgIpc) is 3.04. The van der Waals surface area contributed by atoms with E-state index in [4.69, 9.17) is 22.7 Å². The number of amidine groups is 1. The van der Waals surface area contributed by atoms with Crippen molar-refractivity contribution < 1.29 is 9.59 Å².